The molecule has 158 valence electrons. The molecule has 10 heteroatoms. The molecule has 2 fully saturated rings. The Morgan fingerprint density at radius 2 is 1.40 bits per heavy atom. The molecular formula is C20H23F2N7O. The van der Waals surface area contributed by atoms with E-state index in [2.05, 4.69) is 19.9 Å². The summed E-state index contributed by atoms with van der Waals surface area (Å²) in [5.41, 5.74) is 1.04. The number of hydrogen-bond acceptors (Lipinski definition) is 7. The van der Waals surface area contributed by atoms with E-state index in [9.17, 15) is 8.78 Å². The van der Waals surface area contributed by atoms with Crippen LogP contribution in [-0.2, 0) is 4.74 Å². The lowest BCUT2D eigenvalue weighted by molar-refractivity contribution is 0.122. The van der Waals surface area contributed by atoms with Crippen LogP contribution in [0, 0.1) is 0 Å². The van der Waals surface area contributed by atoms with E-state index in [1.54, 1.807) is 24.3 Å². The highest BCUT2D eigenvalue weighted by Gasteiger charge is 2.25. The normalized spacial score (nSPS) is 17.8. The van der Waals surface area contributed by atoms with Gasteiger partial charge in [-0.3, -0.25) is 4.57 Å². The zero-order valence-electron chi connectivity index (χ0n) is 16.5. The van der Waals surface area contributed by atoms with E-state index in [0.717, 1.165) is 25.9 Å². The van der Waals surface area contributed by atoms with Crippen molar-refractivity contribution in [3.63, 3.8) is 0 Å². The van der Waals surface area contributed by atoms with E-state index in [1.807, 2.05) is 4.90 Å². The summed E-state index contributed by atoms with van der Waals surface area (Å²) in [7, 11) is 0. The van der Waals surface area contributed by atoms with Crippen molar-refractivity contribution < 1.29 is 13.5 Å². The molecule has 5 rings (SSSR count). The van der Waals surface area contributed by atoms with Crippen LogP contribution >= 0.6 is 0 Å². The minimum absolute atomic E-state index is 0.177. The van der Waals surface area contributed by atoms with Crippen molar-refractivity contribution in [1.29, 1.82) is 0 Å². The second-order valence-corrected chi connectivity index (χ2v) is 7.48. The molecule has 0 bridgehead atoms. The molecule has 0 aliphatic carbocycles. The van der Waals surface area contributed by atoms with Crippen LogP contribution in [0.3, 0.4) is 0 Å². The Balaban J connectivity index is 1.67. The minimum atomic E-state index is -2.75. The number of benzene rings is 1. The fraction of sp³-hybridized carbons (Fsp3) is 0.500. The Morgan fingerprint density at radius 3 is 2.10 bits per heavy atom. The van der Waals surface area contributed by atoms with Gasteiger partial charge in [0.05, 0.1) is 24.2 Å². The van der Waals surface area contributed by atoms with Crippen LogP contribution in [0.15, 0.2) is 24.3 Å². The summed E-state index contributed by atoms with van der Waals surface area (Å²) in [5.74, 6) is 0.831. The van der Waals surface area contributed by atoms with Crippen molar-refractivity contribution >= 4 is 22.9 Å². The van der Waals surface area contributed by atoms with Gasteiger partial charge >= 0.3 is 0 Å². The van der Waals surface area contributed by atoms with Crippen molar-refractivity contribution in [3.8, 4) is 5.95 Å². The Labute approximate surface area is 172 Å². The lowest BCUT2D eigenvalue weighted by atomic mass is 10.1. The predicted molar refractivity (Wildman–Crippen MR) is 109 cm³/mol. The third kappa shape index (κ3) is 3.55. The summed E-state index contributed by atoms with van der Waals surface area (Å²) < 4.78 is 34.5. The standard InChI is InChI=1S/C20H23F2N7O/c21-16(22)17-23-14-6-2-3-7-15(14)29(17)20-25-18(27-8-4-1-5-9-27)24-19(26-20)28-10-12-30-13-11-28/h2-3,6-7,16H,1,4-5,8-13H2. The van der Waals surface area contributed by atoms with Gasteiger partial charge in [0, 0.05) is 26.2 Å². The second-order valence-electron chi connectivity index (χ2n) is 7.48. The van der Waals surface area contributed by atoms with Crippen molar-refractivity contribution in [1.82, 2.24) is 24.5 Å². The van der Waals surface area contributed by atoms with Crippen molar-refractivity contribution in [2.75, 3.05) is 49.2 Å². The third-order valence-corrected chi connectivity index (χ3v) is 5.51. The van der Waals surface area contributed by atoms with Gasteiger partial charge in [-0.25, -0.2) is 13.8 Å². The predicted octanol–water partition coefficient (Wildman–Crippen LogP) is 2.98. The number of ether oxygens (including phenoxy) is 1. The van der Waals surface area contributed by atoms with Crippen molar-refractivity contribution in [3.05, 3.63) is 30.1 Å². The molecule has 1 aromatic carbocycles. The summed E-state index contributed by atoms with van der Waals surface area (Å²) in [6.07, 6.45) is 0.542. The maximum Gasteiger partial charge on any atom is 0.296 e. The van der Waals surface area contributed by atoms with E-state index in [0.29, 0.717) is 49.2 Å². The first-order valence-electron chi connectivity index (χ1n) is 10.3. The van der Waals surface area contributed by atoms with E-state index >= 15 is 0 Å². The average Bonchev–Trinajstić information content (AvgIpc) is 3.20. The smallest absolute Gasteiger partial charge is 0.296 e. The molecule has 2 aliphatic rings. The third-order valence-electron chi connectivity index (χ3n) is 5.51. The van der Waals surface area contributed by atoms with Gasteiger partial charge in [-0.1, -0.05) is 12.1 Å². The number of imidazole rings is 1. The number of hydrogen-bond donors (Lipinski definition) is 0. The summed E-state index contributed by atoms with van der Waals surface area (Å²) in [6, 6.07) is 7.05. The Hall–Kier alpha value is -2.88. The van der Waals surface area contributed by atoms with E-state index in [4.69, 9.17) is 9.72 Å². The molecular weight excluding hydrogens is 392 g/mol. The summed E-state index contributed by atoms with van der Waals surface area (Å²) >= 11 is 0. The zero-order valence-corrected chi connectivity index (χ0v) is 16.5. The summed E-state index contributed by atoms with van der Waals surface area (Å²) in [4.78, 5) is 22.2. The first kappa shape index (κ1) is 19.1. The van der Waals surface area contributed by atoms with Crippen LogP contribution in [0.5, 0.6) is 0 Å². The van der Waals surface area contributed by atoms with Crippen LogP contribution in [0.4, 0.5) is 20.7 Å². The molecule has 0 spiro atoms. The van der Waals surface area contributed by atoms with Gasteiger partial charge in [0.25, 0.3) is 6.43 Å². The Bertz CT molecular complexity index is 993. The minimum Gasteiger partial charge on any atom is -0.378 e. The Morgan fingerprint density at radius 1 is 0.767 bits per heavy atom. The quantitative estimate of drug-likeness (QED) is 0.649. The van der Waals surface area contributed by atoms with E-state index in [-0.39, 0.29) is 11.8 Å². The number of rotatable bonds is 4. The molecule has 0 amide bonds. The zero-order chi connectivity index (χ0) is 20.5. The number of para-hydroxylation sites is 2. The highest BCUT2D eigenvalue weighted by molar-refractivity contribution is 5.77. The first-order chi connectivity index (χ1) is 14.7. The summed E-state index contributed by atoms with van der Waals surface area (Å²) in [6.45, 7) is 4.15. The summed E-state index contributed by atoms with van der Waals surface area (Å²) in [5, 5.41) is 0. The van der Waals surface area contributed by atoms with Gasteiger partial charge in [0.1, 0.15) is 0 Å². The van der Waals surface area contributed by atoms with E-state index in [1.165, 1.54) is 11.0 Å². The number of nitrogens with zero attached hydrogens (tertiary/aromatic N) is 7. The highest BCUT2D eigenvalue weighted by atomic mass is 19.3. The molecule has 0 N–H and O–H groups in total. The lowest BCUT2D eigenvalue weighted by Crippen LogP contribution is -2.38. The van der Waals surface area contributed by atoms with Gasteiger partial charge in [-0.15, -0.1) is 0 Å². The fourth-order valence-electron chi connectivity index (χ4n) is 3.98. The number of aromatic nitrogens is 5. The van der Waals surface area contributed by atoms with Crippen LogP contribution in [0.2, 0.25) is 0 Å². The van der Waals surface area contributed by atoms with E-state index < -0.39 is 6.43 Å². The molecule has 0 saturated carbocycles. The number of alkyl halides is 2. The SMILES string of the molecule is FC(F)c1nc2ccccc2n1-c1nc(N2CCCCC2)nc(N2CCOCC2)n1. The monoisotopic (exact) mass is 415 g/mol. The molecule has 3 aromatic rings. The Kier molecular flexibility index (Phi) is 5.16. The number of morpholine rings is 1. The first-order valence-corrected chi connectivity index (χ1v) is 10.3. The average molecular weight is 415 g/mol. The number of fused-ring (bicyclic) bond motifs is 1. The number of anilines is 2. The molecule has 4 heterocycles. The molecule has 2 aromatic heterocycles. The van der Waals surface area contributed by atoms with Gasteiger partial charge in [-0.05, 0) is 31.4 Å². The maximum absolute atomic E-state index is 13.9. The molecule has 30 heavy (non-hydrogen) atoms. The van der Waals surface area contributed by atoms with Gasteiger partial charge < -0.3 is 14.5 Å². The molecule has 2 aliphatic heterocycles. The molecule has 0 atom stereocenters. The number of halogens is 2. The van der Waals surface area contributed by atoms with Crippen molar-refractivity contribution in [2.45, 2.75) is 25.7 Å². The van der Waals surface area contributed by atoms with Gasteiger partial charge in [0.15, 0.2) is 5.82 Å². The van der Waals surface area contributed by atoms with Crippen LogP contribution in [0.1, 0.15) is 31.5 Å². The maximum atomic E-state index is 13.9. The highest BCUT2D eigenvalue weighted by Crippen LogP contribution is 2.28. The molecule has 0 unspecified atom stereocenters. The molecule has 8 nitrogen and oxygen atoms in total. The largest absolute Gasteiger partial charge is 0.378 e. The molecule has 0 radical (unpaired) electrons. The van der Waals surface area contributed by atoms with Crippen LogP contribution < -0.4 is 9.80 Å². The van der Waals surface area contributed by atoms with Crippen LogP contribution in [-0.4, -0.2) is 63.9 Å². The lowest BCUT2D eigenvalue weighted by Gasteiger charge is -2.30. The topological polar surface area (TPSA) is 72.2 Å². The van der Waals surface area contributed by atoms with Crippen molar-refractivity contribution in [2.24, 2.45) is 0 Å². The van der Waals surface area contributed by atoms with Gasteiger partial charge in [-0.2, -0.15) is 15.0 Å². The number of piperidine rings is 1. The fourth-order valence-corrected chi connectivity index (χ4v) is 3.98. The second kappa shape index (κ2) is 8.10. The molecule has 2 saturated heterocycles. The van der Waals surface area contributed by atoms with Crippen LogP contribution in [0.25, 0.3) is 17.0 Å². The van der Waals surface area contributed by atoms with Gasteiger partial charge in [0.2, 0.25) is 17.8 Å².